The number of hydrogen-bond acceptors (Lipinski definition) is 7. The fraction of sp³-hybridized carbons (Fsp3) is 0.241. The molecule has 1 aliphatic rings. The maximum absolute atomic E-state index is 15.4. The normalized spacial score (nSPS) is 17.6. The first kappa shape index (κ1) is 28.2. The van der Waals surface area contributed by atoms with E-state index in [1.54, 1.807) is 24.3 Å². The van der Waals surface area contributed by atoms with E-state index in [0.717, 1.165) is 18.7 Å². The second kappa shape index (κ2) is 11.5. The van der Waals surface area contributed by atoms with Crippen molar-refractivity contribution < 1.29 is 42.2 Å². The summed E-state index contributed by atoms with van der Waals surface area (Å²) in [4.78, 5) is 51.0. The maximum atomic E-state index is 15.4. The number of alkyl halides is 2. The third-order valence-electron chi connectivity index (χ3n) is 6.14. The summed E-state index contributed by atoms with van der Waals surface area (Å²) < 4.78 is 46.2. The number of ether oxygens (including phenoxy) is 3. The summed E-state index contributed by atoms with van der Waals surface area (Å²) in [5.41, 5.74) is 0.610. The summed E-state index contributed by atoms with van der Waals surface area (Å²) in [5, 5.41) is 2.71. The number of carbonyl (C=O) groups excluding carboxylic acids is 4. The topological polar surface area (TPSA) is 111 Å². The number of nitrogens with one attached hydrogen (secondary N) is 1. The number of hydrogen-bond donors (Lipinski definition) is 1. The van der Waals surface area contributed by atoms with Crippen molar-refractivity contribution in [3.8, 4) is 5.75 Å². The first-order chi connectivity index (χ1) is 19.0. The Bertz CT molecular complexity index is 1440. The minimum atomic E-state index is -3.68. The van der Waals surface area contributed by atoms with Crippen LogP contribution in [0.2, 0.25) is 0 Å². The summed E-state index contributed by atoms with van der Waals surface area (Å²) >= 11 is 0. The zero-order chi connectivity index (χ0) is 29.0. The van der Waals surface area contributed by atoms with Gasteiger partial charge < -0.3 is 19.5 Å². The van der Waals surface area contributed by atoms with E-state index in [-0.39, 0.29) is 16.8 Å². The summed E-state index contributed by atoms with van der Waals surface area (Å²) in [6, 6.07) is 18.1. The number of para-hydroxylation sites is 2. The summed E-state index contributed by atoms with van der Waals surface area (Å²) in [6.45, 7) is 2.05. The van der Waals surface area contributed by atoms with E-state index in [9.17, 15) is 19.2 Å². The molecule has 1 N–H and O–H groups in total. The summed E-state index contributed by atoms with van der Waals surface area (Å²) in [6.07, 6.45) is -4.82. The van der Waals surface area contributed by atoms with Crippen LogP contribution in [0.4, 0.5) is 20.2 Å². The molecule has 0 saturated heterocycles. The Hall–Kier alpha value is -4.80. The lowest BCUT2D eigenvalue weighted by Gasteiger charge is -2.31. The number of anilines is 2. The number of nitrogens with zero attached hydrogens (tertiary/aromatic N) is 1. The predicted molar refractivity (Wildman–Crippen MR) is 140 cm³/mol. The molecule has 0 fully saturated rings. The van der Waals surface area contributed by atoms with Crippen molar-refractivity contribution in [1.82, 2.24) is 0 Å². The Morgan fingerprint density at radius 2 is 1.50 bits per heavy atom. The average Bonchev–Trinajstić information content (AvgIpc) is 3.00. The van der Waals surface area contributed by atoms with E-state index in [1.807, 2.05) is 0 Å². The van der Waals surface area contributed by atoms with Crippen molar-refractivity contribution >= 4 is 35.1 Å². The van der Waals surface area contributed by atoms with Gasteiger partial charge in [0.15, 0.2) is 12.3 Å². The SMILES string of the molecule is COc1ccccc1C(=O)Nc1ccc(C(=O)N2c3ccccc3C(OC(C)=O)C(F)(F)CC2OC(C)=O)cc1. The van der Waals surface area contributed by atoms with E-state index in [2.05, 4.69) is 5.32 Å². The van der Waals surface area contributed by atoms with Gasteiger partial charge in [0.25, 0.3) is 17.7 Å². The van der Waals surface area contributed by atoms with Crippen LogP contribution in [-0.2, 0) is 19.1 Å². The largest absolute Gasteiger partial charge is 0.496 e. The minimum Gasteiger partial charge on any atom is -0.496 e. The molecule has 0 spiro atoms. The molecule has 4 rings (SSSR count). The lowest BCUT2D eigenvalue weighted by atomic mass is 10.0. The molecule has 40 heavy (non-hydrogen) atoms. The third kappa shape index (κ3) is 5.93. The quantitative estimate of drug-likeness (QED) is 0.422. The molecule has 2 amide bonds. The molecule has 2 unspecified atom stereocenters. The minimum absolute atomic E-state index is 0.00396. The fourth-order valence-corrected chi connectivity index (χ4v) is 4.45. The molecule has 1 aliphatic heterocycles. The Balaban J connectivity index is 1.68. The second-order valence-electron chi connectivity index (χ2n) is 8.98. The van der Waals surface area contributed by atoms with Gasteiger partial charge in [-0.1, -0.05) is 30.3 Å². The molecule has 11 heteroatoms. The number of methoxy groups -OCH3 is 1. The van der Waals surface area contributed by atoms with Crippen molar-refractivity contribution in [2.24, 2.45) is 0 Å². The highest BCUT2D eigenvalue weighted by Crippen LogP contribution is 2.47. The number of fused-ring (bicyclic) bond motifs is 1. The van der Waals surface area contributed by atoms with Gasteiger partial charge in [-0.2, -0.15) is 0 Å². The average molecular weight is 553 g/mol. The van der Waals surface area contributed by atoms with Crippen molar-refractivity contribution in [2.75, 3.05) is 17.3 Å². The van der Waals surface area contributed by atoms with Gasteiger partial charge in [0, 0.05) is 30.7 Å². The molecule has 0 radical (unpaired) electrons. The van der Waals surface area contributed by atoms with Gasteiger partial charge in [0.05, 0.1) is 24.8 Å². The van der Waals surface area contributed by atoms with Crippen LogP contribution in [0.3, 0.4) is 0 Å². The molecule has 208 valence electrons. The lowest BCUT2D eigenvalue weighted by molar-refractivity contribution is -0.181. The smallest absolute Gasteiger partial charge is 0.304 e. The van der Waals surface area contributed by atoms with Crippen LogP contribution in [0.25, 0.3) is 0 Å². The maximum Gasteiger partial charge on any atom is 0.304 e. The predicted octanol–water partition coefficient (Wildman–Crippen LogP) is 5.13. The van der Waals surface area contributed by atoms with Crippen LogP contribution >= 0.6 is 0 Å². The van der Waals surface area contributed by atoms with Crippen LogP contribution in [0.1, 0.15) is 52.7 Å². The zero-order valence-electron chi connectivity index (χ0n) is 21.9. The second-order valence-corrected chi connectivity index (χ2v) is 8.98. The van der Waals surface area contributed by atoms with Crippen molar-refractivity contribution in [3.63, 3.8) is 0 Å². The summed E-state index contributed by atoms with van der Waals surface area (Å²) in [7, 11) is 1.45. The Morgan fingerprint density at radius 3 is 2.15 bits per heavy atom. The molecule has 0 bridgehead atoms. The molecule has 3 aromatic rings. The first-order valence-electron chi connectivity index (χ1n) is 12.2. The van der Waals surface area contributed by atoms with Crippen molar-refractivity contribution in [3.05, 3.63) is 89.5 Å². The van der Waals surface area contributed by atoms with E-state index < -0.39 is 48.4 Å². The molecule has 2 atom stereocenters. The number of carbonyl (C=O) groups is 4. The molecule has 0 aromatic heterocycles. The van der Waals surface area contributed by atoms with Crippen molar-refractivity contribution in [2.45, 2.75) is 38.5 Å². The van der Waals surface area contributed by atoms with E-state index >= 15 is 8.78 Å². The van der Waals surface area contributed by atoms with Crippen LogP contribution in [0.5, 0.6) is 5.75 Å². The van der Waals surface area contributed by atoms with Crippen LogP contribution in [-0.4, -0.2) is 43.0 Å². The Morgan fingerprint density at radius 1 is 0.875 bits per heavy atom. The first-order valence-corrected chi connectivity index (χ1v) is 12.2. The van der Waals surface area contributed by atoms with Crippen LogP contribution < -0.4 is 15.0 Å². The number of amides is 2. The fourth-order valence-electron chi connectivity index (χ4n) is 4.45. The number of rotatable bonds is 6. The molecular weight excluding hydrogens is 526 g/mol. The molecule has 9 nitrogen and oxygen atoms in total. The molecular formula is C29H26F2N2O7. The highest BCUT2D eigenvalue weighted by molar-refractivity contribution is 6.08. The Kier molecular flexibility index (Phi) is 8.13. The van der Waals surface area contributed by atoms with E-state index in [0.29, 0.717) is 17.0 Å². The van der Waals surface area contributed by atoms with E-state index in [4.69, 9.17) is 14.2 Å². The van der Waals surface area contributed by atoms with Crippen LogP contribution in [0, 0.1) is 0 Å². The van der Waals surface area contributed by atoms with Gasteiger partial charge in [0.2, 0.25) is 0 Å². The van der Waals surface area contributed by atoms with Crippen molar-refractivity contribution in [1.29, 1.82) is 0 Å². The van der Waals surface area contributed by atoms with Gasteiger partial charge in [-0.3, -0.25) is 24.1 Å². The zero-order valence-corrected chi connectivity index (χ0v) is 21.9. The molecule has 1 heterocycles. The van der Waals surface area contributed by atoms with E-state index in [1.165, 1.54) is 55.6 Å². The van der Waals surface area contributed by atoms with Gasteiger partial charge in [-0.25, -0.2) is 8.78 Å². The molecule has 3 aromatic carbocycles. The van der Waals surface area contributed by atoms with Gasteiger partial charge in [-0.05, 0) is 42.5 Å². The monoisotopic (exact) mass is 552 g/mol. The Labute approximate surface area is 228 Å². The highest BCUT2D eigenvalue weighted by Gasteiger charge is 2.52. The standard InChI is InChI=1S/C29H26F2N2O7/c1-17(34)39-25-16-29(30,31)26(40-18(2)35)21-8-4-6-10-23(21)33(25)28(37)19-12-14-20(15-13-19)32-27(36)22-9-5-7-11-24(22)38-3/h4-15,25-26H,16H2,1-3H3,(H,32,36). The van der Waals surface area contributed by atoms with Gasteiger partial charge in [-0.15, -0.1) is 0 Å². The molecule has 0 saturated carbocycles. The van der Waals surface area contributed by atoms with Gasteiger partial charge >= 0.3 is 11.9 Å². The lowest BCUT2D eigenvalue weighted by Crippen LogP contribution is -2.45. The molecule has 0 aliphatic carbocycles. The van der Waals surface area contributed by atoms with Gasteiger partial charge in [0.1, 0.15) is 5.75 Å². The number of benzene rings is 3. The highest BCUT2D eigenvalue weighted by atomic mass is 19.3. The summed E-state index contributed by atoms with van der Waals surface area (Å²) in [5.74, 6) is -6.30. The van der Waals surface area contributed by atoms with Crippen LogP contribution in [0.15, 0.2) is 72.8 Å². The third-order valence-corrected chi connectivity index (χ3v) is 6.14. The number of esters is 2. The number of halogens is 2.